The quantitative estimate of drug-likeness (QED) is 0.196. The molecule has 0 spiro atoms. The number of anilines is 2. The van der Waals surface area contributed by atoms with E-state index in [9.17, 15) is 16.8 Å². The molecule has 4 rings (SSSR count). The number of likely N-dealkylation sites (N-methyl/N-ethyl adjacent to an activating group) is 2. The number of hydrogen-bond acceptors (Lipinski definition) is 12. The van der Waals surface area contributed by atoms with Crippen LogP contribution in [0.25, 0.3) is 22.5 Å². The Hall–Kier alpha value is -4.64. The summed E-state index contributed by atoms with van der Waals surface area (Å²) in [6.45, 7) is 5.59. The summed E-state index contributed by atoms with van der Waals surface area (Å²) in [4.78, 5) is 13.8. The van der Waals surface area contributed by atoms with Gasteiger partial charge in [0.15, 0.2) is 0 Å². The molecule has 0 saturated carbocycles. The van der Waals surface area contributed by atoms with E-state index in [-0.39, 0.29) is 0 Å². The highest BCUT2D eigenvalue weighted by Gasteiger charge is 2.13. The normalized spacial score (nSPS) is 10.9. The monoisotopic (exact) mass is 734 g/mol. The van der Waals surface area contributed by atoms with Crippen molar-refractivity contribution in [1.82, 2.24) is 9.97 Å². The Labute approximate surface area is 295 Å². The largest absolute Gasteiger partial charge is 0.496 e. The van der Waals surface area contributed by atoms with Crippen molar-refractivity contribution in [1.29, 1.82) is 0 Å². The van der Waals surface area contributed by atoms with E-state index >= 15 is 0 Å². The summed E-state index contributed by atoms with van der Waals surface area (Å²) in [5.74, 6) is 3.12. The molecule has 0 saturated heterocycles. The smallest absolute Gasteiger partial charge is 0.261 e. The number of nitrogens with zero attached hydrogens (tertiary/aromatic N) is 4. The van der Waals surface area contributed by atoms with Gasteiger partial charge in [0, 0.05) is 49.4 Å². The maximum Gasteiger partial charge on any atom is 0.261 e. The van der Waals surface area contributed by atoms with E-state index in [1.54, 1.807) is 28.4 Å². The molecule has 50 heavy (non-hydrogen) atoms. The van der Waals surface area contributed by atoms with Gasteiger partial charge in [0.05, 0.1) is 76.1 Å². The van der Waals surface area contributed by atoms with Gasteiger partial charge in [0.25, 0.3) is 20.2 Å². The molecule has 2 aromatic heterocycles. The van der Waals surface area contributed by atoms with Gasteiger partial charge >= 0.3 is 0 Å². The highest BCUT2D eigenvalue weighted by molar-refractivity contribution is 7.85. The van der Waals surface area contributed by atoms with Crippen molar-refractivity contribution in [3.05, 3.63) is 72.1 Å². The van der Waals surface area contributed by atoms with Crippen molar-refractivity contribution in [3.63, 3.8) is 0 Å². The first-order valence-corrected chi connectivity index (χ1v) is 18.6. The number of ether oxygens (including phenoxy) is 4. The molecule has 0 atom stereocenters. The molecular weight excluding hydrogens is 689 g/mol. The van der Waals surface area contributed by atoms with E-state index in [0.717, 1.165) is 81.1 Å². The topological polar surface area (TPSA) is 178 Å². The molecule has 0 bridgehead atoms. The molecule has 0 fully saturated rings. The molecule has 2 N–H and O–H groups in total. The summed E-state index contributed by atoms with van der Waals surface area (Å²) in [6, 6.07) is 16.2. The predicted octanol–water partition coefficient (Wildman–Crippen LogP) is 5.04. The maximum atomic E-state index is 9.19. The number of pyridine rings is 2. The molecule has 2 heterocycles. The van der Waals surface area contributed by atoms with Gasteiger partial charge in [-0.05, 0) is 62.4 Å². The van der Waals surface area contributed by atoms with Crippen molar-refractivity contribution in [2.45, 2.75) is 13.8 Å². The lowest BCUT2D eigenvalue weighted by atomic mass is 10.1. The van der Waals surface area contributed by atoms with E-state index in [4.69, 9.17) is 38.0 Å². The second-order valence-electron chi connectivity index (χ2n) is 11.1. The summed E-state index contributed by atoms with van der Waals surface area (Å²) in [5.41, 5.74) is 7.64. The molecule has 274 valence electrons. The third kappa shape index (κ3) is 13.3. The highest BCUT2D eigenvalue weighted by atomic mass is 32.2. The Morgan fingerprint density at radius 1 is 0.580 bits per heavy atom. The Morgan fingerprint density at radius 3 is 1.04 bits per heavy atom. The average molecular weight is 735 g/mol. The Balaban J connectivity index is 0.000000761. The van der Waals surface area contributed by atoms with Gasteiger partial charge in [-0.2, -0.15) is 16.8 Å². The minimum absolute atomic E-state index is 0.715. The van der Waals surface area contributed by atoms with Crippen LogP contribution in [0.4, 0.5) is 11.4 Å². The Morgan fingerprint density at radius 2 is 0.840 bits per heavy atom. The van der Waals surface area contributed by atoms with Crippen molar-refractivity contribution in [2.75, 3.05) is 77.9 Å². The van der Waals surface area contributed by atoms with Gasteiger partial charge in [0.2, 0.25) is 0 Å². The van der Waals surface area contributed by atoms with E-state index in [1.807, 2.05) is 62.6 Å². The second kappa shape index (κ2) is 18.4. The summed E-state index contributed by atoms with van der Waals surface area (Å²) in [5, 5.41) is 0. The van der Waals surface area contributed by atoms with Gasteiger partial charge in [-0.25, -0.2) is 0 Å². The second-order valence-corrected chi connectivity index (χ2v) is 14.1. The molecule has 4 aromatic rings. The third-order valence-corrected chi connectivity index (χ3v) is 7.24. The van der Waals surface area contributed by atoms with Crippen LogP contribution in [0.2, 0.25) is 0 Å². The molecule has 0 radical (unpaired) electrons. The summed E-state index contributed by atoms with van der Waals surface area (Å²) in [6.07, 6.45) is 5.23. The van der Waals surface area contributed by atoms with Crippen molar-refractivity contribution < 1.29 is 44.9 Å². The molecule has 0 unspecified atom stereocenters. The van der Waals surface area contributed by atoms with Crippen LogP contribution in [0.3, 0.4) is 0 Å². The molecule has 0 aliphatic rings. The first-order chi connectivity index (χ1) is 23.3. The van der Waals surface area contributed by atoms with Crippen LogP contribution in [0.1, 0.15) is 11.1 Å². The van der Waals surface area contributed by atoms with E-state index < -0.39 is 20.2 Å². The highest BCUT2D eigenvalue weighted by Crippen LogP contribution is 2.35. The number of methoxy groups -OCH3 is 4. The first-order valence-electron chi connectivity index (χ1n) is 14.9. The fraction of sp³-hybridized carbons (Fsp3) is 0.353. The zero-order chi connectivity index (χ0) is 37.8. The van der Waals surface area contributed by atoms with Crippen molar-refractivity contribution in [2.24, 2.45) is 0 Å². The summed E-state index contributed by atoms with van der Waals surface area (Å²) < 4.78 is 73.8. The zero-order valence-corrected chi connectivity index (χ0v) is 31.6. The minimum Gasteiger partial charge on any atom is -0.496 e. The van der Waals surface area contributed by atoms with Crippen molar-refractivity contribution >= 4 is 31.6 Å². The van der Waals surface area contributed by atoms with Gasteiger partial charge in [-0.3, -0.25) is 19.1 Å². The Bertz CT molecular complexity index is 1710. The van der Waals surface area contributed by atoms with Crippen LogP contribution < -0.4 is 28.7 Å². The lowest BCUT2D eigenvalue weighted by Crippen LogP contribution is -2.30. The SMILES string of the molecule is COc1cc(-c2ccc(N(C)CCN(C)c3ccc(-c4cc(OC)c(C)c(OC)c4)nc3)cn2)cc(OC)c1C.CS(=O)(=O)O.CS(=O)(=O)O. The molecule has 0 aliphatic carbocycles. The van der Waals surface area contributed by atoms with Crippen LogP contribution in [-0.2, 0) is 20.2 Å². The number of benzene rings is 2. The summed E-state index contributed by atoms with van der Waals surface area (Å²) in [7, 11) is 3.47. The fourth-order valence-electron chi connectivity index (χ4n) is 4.59. The van der Waals surface area contributed by atoms with Crippen LogP contribution >= 0.6 is 0 Å². The van der Waals surface area contributed by atoms with Crippen LogP contribution in [-0.4, -0.2) is 104 Å². The molecule has 2 aromatic carbocycles. The van der Waals surface area contributed by atoms with E-state index in [0.29, 0.717) is 12.5 Å². The molecular formula is C34H46N4O10S2. The number of hydrogen-bond donors (Lipinski definition) is 2. The van der Waals surface area contributed by atoms with Crippen LogP contribution in [0.5, 0.6) is 23.0 Å². The van der Waals surface area contributed by atoms with E-state index in [1.165, 1.54) is 0 Å². The molecule has 0 amide bonds. The Kier molecular flexibility index (Phi) is 15.3. The predicted molar refractivity (Wildman–Crippen MR) is 197 cm³/mol. The zero-order valence-electron chi connectivity index (χ0n) is 30.0. The molecule has 0 aliphatic heterocycles. The fourth-order valence-corrected chi connectivity index (χ4v) is 4.59. The number of rotatable bonds is 11. The summed E-state index contributed by atoms with van der Waals surface area (Å²) >= 11 is 0. The van der Waals surface area contributed by atoms with Gasteiger partial charge in [-0.1, -0.05) is 0 Å². The first kappa shape index (κ1) is 41.5. The average Bonchev–Trinajstić information content (AvgIpc) is 3.06. The van der Waals surface area contributed by atoms with E-state index in [2.05, 4.69) is 36.0 Å². The number of aromatic nitrogens is 2. The van der Waals surface area contributed by atoms with Crippen molar-refractivity contribution in [3.8, 4) is 45.5 Å². The lowest BCUT2D eigenvalue weighted by Gasteiger charge is -2.25. The van der Waals surface area contributed by atoms with Crippen LogP contribution in [0, 0.1) is 13.8 Å². The van der Waals surface area contributed by atoms with Crippen LogP contribution in [0.15, 0.2) is 60.9 Å². The molecule has 16 heteroatoms. The lowest BCUT2D eigenvalue weighted by molar-refractivity contribution is 0.389. The molecule has 14 nitrogen and oxygen atoms in total. The van der Waals surface area contributed by atoms with Gasteiger partial charge < -0.3 is 28.7 Å². The van der Waals surface area contributed by atoms with Gasteiger partial charge in [0.1, 0.15) is 23.0 Å². The third-order valence-electron chi connectivity index (χ3n) is 7.24. The standard InChI is InChI=1S/C32H38N4O4.2CH4O3S/c1-21-29(37-5)15-23(16-30(21)38-6)27-11-9-25(19-33-27)35(3)13-14-36(4)26-10-12-28(34-20-26)24-17-31(39-7)22(2)32(18-24)40-8;2*1-5(2,3)4/h9-12,15-20H,13-14H2,1-8H3;2*1H3,(H,2,3,4). The van der Waals surface area contributed by atoms with Gasteiger partial charge in [-0.15, -0.1) is 0 Å². The maximum absolute atomic E-state index is 9.19. The minimum atomic E-state index is -3.67.